The number of fused-ring (bicyclic) bond motifs is 1. The first-order chi connectivity index (χ1) is 7.52. The zero-order chi connectivity index (χ0) is 11.8. The van der Waals surface area contributed by atoms with Gasteiger partial charge in [-0.15, -0.1) is 0 Å². The molecule has 0 fully saturated rings. The molecular formula is C15H21N. The third-order valence-electron chi connectivity index (χ3n) is 3.15. The molecule has 0 aliphatic heterocycles. The lowest BCUT2D eigenvalue weighted by Gasteiger charge is -2.19. The number of H-pyrrole nitrogens is 1. The van der Waals surface area contributed by atoms with E-state index in [1.54, 1.807) is 0 Å². The van der Waals surface area contributed by atoms with Crippen LogP contribution < -0.4 is 0 Å². The largest absolute Gasteiger partial charge is 0.361 e. The fourth-order valence-electron chi connectivity index (χ4n) is 2.12. The van der Waals surface area contributed by atoms with Crippen molar-refractivity contribution in [2.75, 3.05) is 0 Å². The van der Waals surface area contributed by atoms with Crippen molar-refractivity contribution < 1.29 is 0 Å². The molecule has 0 atom stereocenters. The molecule has 0 radical (unpaired) electrons. The van der Waals surface area contributed by atoms with Crippen molar-refractivity contribution in [2.24, 2.45) is 0 Å². The van der Waals surface area contributed by atoms with Gasteiger partial charge in [-0.25, -0.2) is 0 Å². The first-order valence-electron chi connectivity index (χ1n) is 6.13. The van der Waals surface area contributed by atoms with E-state index in [4.69, 9.17) is 0 Å². The minimum absolute atomic E-state index is 0.231. The monoisotopic (exact) mass is 215 g/mol. The Bertz CT molecular complexity index is 486. The molecule has 86 valence electrons. The summed E-state index contributed by atoms with van der Waals surface area (Å²) >= 11 is 0. The highest BCUT2D eigenvalue weighted by atomic mass is 14.7. The van der Waals surface area contributed by atoms with Gasteiger partial charge in [0.05, 0.1) is 0 Å². The molecule has 0 saturated carbocycles. The van der Waals surface area contributed by atoms with E-state index in [0.29, 0.717) is 0 Å². The SMILES string of the molecule is CCCc1c[nH]c2ccc(C(C)(C)C)cc12. The second kappa shape index (κ2) is 3.97. The summed E-state index contributed by atoms with van der Waals surface area (Å²) in [5.41, 5.74) is 4.35. The summed E-state index contributed by atoms with van der Waals surface area (Å²) in [4.78, 5) is 3.35. The number of rotatable bonds is 2. The predicted octanol–water partition coefficient (Wildman–Crippen LogP) is 4.42. The van der Waals surface area contributed by atoms with Gasteiger partial charge in [0.25, 0.3) is 0 Å². The van der Waals surface area contributed by atoms with E-state index in [-0.39, 0.29) is 5.41 Å². The van der Waals surface area contributed by atoms with Crippen LogP contribution in [0, 0.1) is 0 Å². The van der Waals surface area contributed by atoms with Crippen molar-refractivity contribution in [3.63, 3.8) is 0 Å². The lowest BCUT2D eigenvalue weighted by molar-refractivity contribution is 0.591. The van der Waals surface area contributed by atoms with Crippen LogP contribution in [0.3, 0.4) is 0 Å². The van der Waals surface area contributed by atoms with Gasteiger partial charge in [-0.1, -0.05) is 40.2 Å². The van der Waals surface area contributed by atoms with Gasteiger partial charge >= 0.3 is 0 Å². The molecule has 1 nitrogen and oxygen atoms in total. The summed E-state index contributed by atoms with van der Waals surface area (Å²) in [6.07, 6.45) is 4.51. The Balaban J connectivity index is 2.54. The topological polar surface area (TPSA) is 15.8 Å². The van der Waals surface area contributed by atoms with E-state index in [0.717, 1.165) is 6.42 Å². The van der Waals surface area contributed by atoms with E-state index in [2.05, 4.69) is 57.1 Å². The maximum atomic E-state index is 3.35. The Kier molecular flexibility index (Phi) is 2.79. The molecule has 1 aromatic carbocycles. The molecule has 16 heavy (non-hydrogen) atoms. The molecule has 2 rings (SSSR count). The van der Waals surface area contributed by atoms with Crippen LogP contribution in [0.2, 0.25) is 0 Å². The van der Waals surface area contributed by atoms with Crippen molar-refractivity contribution in [2.45, 2.75) is 46.0 Å². The van der Waals surface area contributed by atoms with Crippen molar-refractivity contribution in [1.82, 2.24) is 4.98 Å². The fraction of sp³-hybridized carbons (Fsp3) is 0.467. The standard InChI is InChI=1S/C15H21N/c1-5-6-11-10-16-14-8-7-12(9-13(11)14)15(2,3)4/h7-10,16H,5-6H2,1-4H3. The van der Waals surface area contributed by atoms with Gasteiger partial charge in [-0.3, -0.25) is 0 Å². The maximum Gasteiger partial charge on any atom is 0.0456 e. The van der Waals surface area contributed by atoms with E-state index in [9.17, 15) is 0 Å². The first-order valence-corrected chi connectivity index (χ1v) is 6.13. The molecule has 1 heteroatoms. The molecule has 0 amide bonds. The van der Waals surface area contributed by atoms with E-state index >= 15 is 0 Å². The van der Waals surface area contributed by atoms with Crippen molar-refractivity contribution in [3.05, 3.63) is 35.5 Å². The quantitative estimate of drug-likeness (QED) is 0.763. The Labute approximate surface area is 97.9 Å². The number of hydrogen-bond acceptors (Lipinski definition) is 0. The minimum atomic E-state index is 0.231. The van der Waals surface area contributed by atoms with E-state index in [1.807, 2.05) is 0 Å². The highest BCUT2D eigenvalue weighted by molar-refractivity contribution is 5.84. The number of aryl methyl sites for hydroxylation is 1. The second-order valence-corrected chi connectivity index (χ2v) is 5.57. The minimum Gasteiger partial charge on any atom is -0.361 e. The van der Waals surface area contributed by atoms with Gasteiger partial charge in [0.2, 0.25) is 0 Å². The third-order valence-corrected chi connectivity index (χ3v) is 3.15. The van der Waals surface area contributed by atoms with Gasteiger partial charge in [-0.05, 0) is 35.1 Å². The molecule has 0 bridgehead atoms. The molecule has 1 aromatic heterocycles. The number of aromatic amines is 1. The zero-order valence-electron chi connectivity index (χ0n) is 10.7. The molecule has 2 aromatic rings. The highest BCUT2D eigenvalue weighted by Gasteiger charge is 2.14. The Hall–Kier alpha value is -1.24. The molecular weight excluding hydrogens is 194 g/mol. The average molecular weight is 215 g/mol. The average Bonchev–Trinajstić information content (AvgIpc) is 2.60. The van der Waals surface area contributed by atoms with Gasteiger partial charge in [0.15, 0.2) is 0 Å². The van der Waals surface area contributed by atoms with Crippen LogP contribution in [-0.2, 0) is 11.8 Å². The summed E-state index contributed by atoms with van der Waals surface area (Å²) in [6.45, 7) is 9.02. The van der Waals surface area contributed by atoms with E-state index < -0.39 is 0 Å². The molecule has 0 saturated heterocycles. The molecule has 1 heterocycles. The van der Waals surface area contributed by atoms with Crippen molar-refractivity contribution >= 4 is 10.9 Å². The normalized spacial score (nSPS) is 12.2. The van der Waals surface area contributed by atoms with Crippen molar-refractivity contribution in [1.29, 1.82) is 0 Å². The second-order valence-electron chi connectivity index (χ2n) is 5.57. The van der Waals surface area contributed by atoms with Crippen LogP contribution in [0.15, 0.2) is 24.4 Å². The number of aromatic nitrogens is 1. The molecule has 1 N–H and O–H groups in total. The van der Waals surface area contributed by atoms with Crippen LogP contribution in [0.5, 0.6) is 0 Å². The molecule has 0 aliphatic rings. The van der Waals surface area contributed by atoms with E-state index in [1.165, 1.54) is 28.5 Å². The highest BCUT2D eigenvalue weighted by Crippen LogP contribution is 2.28. The Morgan fingerprint density at radius 3 is 2.56 bits per heavy atom. The first kappa shape index (κ1) is 11.3. The lowest BCUT2D eigenvalue weighted by Crippen LogP contribution is -2.10. The van der Waals surface area contributed by atoms with Gasteiger partial charge in [0.1, 0.15) is 0 Å². The number of hydrogen-bond donors (Lipinski definition) is 1. The maximum absolute atomic E-state index is 3.35. The van der Waals surface area contributed by atoms with Crippen LogP contribution in [-0.4, -0.2) is 4.98 Å². The summed E-state index contributed by atoms with van der Waals surface area (Å²) in [5.74, 6) is 0. The van der Waals surface area contributed by atoms with Crippen LogP contribution in [0.4, 0.5) is 0 Å². The predicted molar refractivity (Wildman–Crippen MR) is 71.0 cm³/mol. The van der Waals surface area contributed by atoms with Crippen LogP contribution in [0.1, 0.15) is 45.2 Å². The smallest absolute Gasteiger partial charge is 0.0456 e. The van der Waals surface area contributed by atoms with Gasteiger partial charge in [0, 0.05) is 17.1 Å². The summed E-state index contributed by atoms with van der Waals surface area (Å²) < 4.78 is 0. The van der Waals surface area contributed by atoms with Crippen molar-refractivity contribution in [3.8, 4) is 0 Å². The number of nitrogens with one attached hydrogen (secondary N) is 1. The summed E-state index contributed by atoms with van der Waals surface area (Å²) in [7, 11) is 0. The summed E-state index contributed by atoms with van der Waals surface area (Å²) in [5, 5.41) is 1.40. The lowest BCUT2D eigenvalue weighted by atomic mass is 9.86. The molecule has 0 spiro atoms. The zero-order valence-corrected chi connectivity index (χ0v) is 10.7. The molecule has 0 aliphatic carbocycles. The Morgan fingerprint density at radius 2 is 1.94 bits per heavy atom. The molecule has 0 unspecified atom stereocenters. The fourth-order valence-corrected chi connectivity index (χ4v) is 2.12. The summed E-state index contributed by atoms with van der Waals surface area (Å²) in [6, 6.07) is 6.78. The number of benzene rings is 1. The van der Waals surface area contributed by atoms with Crippen LogP contribution >= 0.6 is 0 Å². The van der Waals surface area contributed by atoms with Gasteiger partial charge in [-0.2, -0.15) is 0 Å². The van der Waals surface area contributed by atoms with Crippen LogP contribution in [0.25, 0.3) is 10.9 Å². The third kappa shape index (κ3) is 1.99. The Morgan fingerprint density at radius 1 is 1.19 bits per heavy atom. The van der Waals surface area contributed by atoms with Gasteiger partial charge < -0.3 is 4.98 Å².